The summed E-state index contributed by atoms with van der Waals surface area (Å²) in [6.45, 7) is 6.72. The maximum absolute atomic E-state index is 5.47. The van der Waals surface area contributed by atoms with Gasteiger partial charge in [0.2, 0.25) is 0 Å². The van der Waals surface area contributed by atoms with Crippen LogP contribution >= 0.6 is 0 Å². The molecule has 0 bridgehead atoms. The summed E-state index contributed by atoms with van der Waals surface area (Å²) in [5.41, 5.74) is 1.23. The van der Waals surface area contributed by atoms with Crippen molar-refractivity contribution in [3.63, 3.8) is 0 Å². The highest BCUT2D eigenvalue weighted by Gasteiger charge is 1.93. The fourth-order valence-electron chi connectivity index (χ4n) is 1.01. The van der Waals surface area contributed by atoms with E-state index in [1.807, 2.05) is 18.2 Å². The Balaban J connectivity index is 2.60. The number of benzene rings is 1. The molecule has 65 valence electrons. The molecule has 12 heavy (non-hydrogen) atoms. The summed E-state index contributed by atoms with van der Waals surface area (Å²) in [5, 5.41) is 0. The van der Waals surface area contributed by atoms with E-state index in [9.17, 15) is 0 Å². The second-order valence-electron chi connectivity index (χ2n) is 2.75. The van der Waals surface area contributed by atoms with Gasteiger partial charge in [-0.2, -0.15) is 0 Å². The number of hydrogen-bond donors (Lipinski definition) is 0. The summed E-state index contributed by atoms with van der Waals surface area (Å²) in [6.07, 6.45) is 1.87. The average Bonchev–Trinajstić information content (AvgIpc) is 2.15. The lowest BCUT2D eigenvalue weighted by Gasteiger charge is -2.05. The van der Waals surface area contributed by atoms with E-state index in [0.717, 1.165) is 25.2 Å². The summed E-state index contributed by atoms with van der Waals surface area (Å²) in [4.78, 5) is 0. The number of rotatable bonds is 4. The highest BCUT2D eigenvalue weighted by atomic mass is 16.5. The molecule has 1 rings (SSSR count). The van der Waals surface area contributed by atoms with E-state index in [4.69, 9.17) is 4.74 Å². The molecule has 0 aliphatic rings. The van der Waals surface area contributed by atoms with E-state index in [-0.39, 0.29) is 0 Å². The Morgan fingerprint density at radius 3 is 2.92 bits per heavy atom. The van der Waals surface area contributed by atoms with Crippen LogP contribution in [0, 0.1) is 6.92 Å². The fourth-order valence-corrected chi connectivity index (χ4v) is 1.01. The van der Waals surface area contributed by atoms with Gasteiger partial charge in [-0.15, -0.1) is 0 Å². The molecule has 0 amide bonds. The molecule has 1 radical (unpaired) electrons. The van der Waals surface area contributed by atoms with Gasteiger partial charge in [0.05, 0.1) is 6.61 Å². The first-order valence-electron chi connectivity index (χ1n) is 4.37. The standard InChI is InChI=1S/C11H15O/c1-3-8-12-11-7-5-6-10(4-2)9-11/h5-7,9H,2-4,8H2,1H3. The summed E-state index contributed by atoms with van der Waals surface area (Å²) in [5.74, 6) is 0.956. The van der Waals surface area contributed by atoms with Crippen LogP contribution in [0.15, 0.2) is 24.3 Å². The van der Waals surface area contributed by atoms with E-state index in [2.05, 4.69) is 19.9 Å². The molecule has 1 aromatic carbocycles. The third-order valence-corrected chi connectivity index (χ3v) is 1.66. The van der Waals surface area contributed by atoms with Gasteiger partial charge < -0.3 is 4.74 Å². The third-order valence-electron chi connectivity index (χ3n) is 1.66. The molecule has 0 spiro atoms. The van der Waals surface area contributed by atoms with Crippen molar-refractivity contribution >= 4 is 0 Å². The van der Waals surface area contributed by atoms with Gasteiger partial charge in [0.25, 0.3) is 0 Å². The van der Waals surface area contributed by atoms with Crippen molar-refractivity contribution in [1.29, 1.82) is 0 Å². The molecule has 0 atom stereocenters. The molecular formula is C11H15O. The maximum Gasteiger partial charge on any atom is 0.119 e. The van der Waals surface area contributed by atoms with Gasteiger partial charge in [-0.1, -0.05) is 19.1 Å². The van der Waals surface area contributed by atoms with Crippen LogP contribution in [0.3, 0.4) is 0 Å². The molecule has 1 nitrogen and oxygen atoms in total. The second-order valence-corrected chi connectivity index (χ2v) is 2.75. The van der Waals surface area contributed by atoms with Crippen molar-refractivity contribution in [3.8, 4) is 5.75 Å². The van der Waals surface area contributed by atoms with E-state index < -0.39 is 0 Å². The average molecular weight is 163 g/mol. The lowest BCUT2D eigenvalue weighted by atomic mass is 10.2. The van der Waals surface area contributed by atoms with Crippen LogP contribution in [-0.2, 0) is 6.42 Å². The minimum Gasteiger partial charge on any atom is -0.494 e. The molecule has 0 aliphatic carbocycles. The van der Waals surface area contributed by atoms with Crippen LogP contribution in [0.4, 0.5) is 0 Å². The van der Waals surface area contributed by atoms with Gasteiger partial charge in [0.1, 0.15) is 5.75 Å². The number of hydrogen-bond acceptors (Lipinski definition) is 1. The Morgan fingerprint density at radius 1 is 1.42 bits per heavy atom. The lowest BCUT2D eigenvalue weighted by Crippen LogP contribution is -1.95. The van der Waals surface area contributed by atoms with E-state index >= 15 is 0 Å². The summed E-state index contributed by atoms with van der Waals surface area (Å²) < 4.78 is 5.47. The minimum atomic E-state index is 0.792. The first kappa shape index (κ1) is 9.11. The lowest BCUT2D eigenvalue weighted by molar-refractivity contribution is 0.317. The quantitative estimate of drug-likeness (QED) is 0.663. The van der Waals surface area contributed by atoms with Crippen molar-refractivity contribution in [2.24, 2.45) is 0 Å². The topological polar surface area (TPSA) is 9.23 Å². The Labute approximate surface area is 74.4 Å². The van der Waals surface area contributed by atoms with Crippen LogP contribution in [-0.4, -0.2) is 6.61 Å². The Bertz CT molecular complexity index is 230. The second kappa shape index (κ2) is 4.81. The van der Waals surface area contributed by atoms with Gasteiger partial charge in [-0.3, -0.25) is 0 Å². The molecule has 0 fully saturated rings. The SMILES string of the molecule is [CH2]Cc1cccc(OCCC)c1. The predicted octanol–water partition coefficient (Wildman–Crippen LogP) is 2.85. The highest BCUT2D eigenvalue weighted by Crippen LogP contribution is 2.13. The molecule has 1 heteroatoms. The molecule has 0 N–H and O–H groups in total. The van der Waals surface area contributed by atoms with Crippen molar-refractivity contribution in [1.82, 2.24) is 0 Å². The van der Waals surface area contributed by atoms with Gasteiger partial charge in [-0.25, -0.2) is 0 Å². The van der Waals surface area contributed by atoms with Gasteiger partial charge in [0, 0.05) is 0 Å². The minimum absolute atomic E-state index is 0.792. The van der Waals surface area contributed by atoms with E-state index in [0.29, 0.717) is 0 Å². The zero-order valence-corrected chi connectivity index (χ0v) is 7.55. The first-order valence-corrected chi connectivity index (χ1v) is 4.37. The molecule has 0 aliphatic heterocycles. The molecule has 0 saturated carbocycles. The van der Waals surface area contributed by atoms with Crippen molar-refractivity contribution < 1.29 is 4.74 Å². The first-order chi connectivity index (χ1) is 5.86. The monoisotopic (exact) mass is 163 g/mol. The maximum atomic E-state index is 5.47. The van der Waals surface area contributed by atoms with Crippen LogP contribution in [0.25, 0.3) is 0 Å². The molecule has 1 aromatic rings. The Kier molecular flexibility index (Phi) is 3.65. The van der Waals surface area contributed by atoms with E-state index in [1.54, 1.807) is 0 Å². The van der Waals surface area contributed by atoms with Gasteiger partial charge in [0.15, 0.2) is 0 Å². The zero-order chi connectivity index (χ0) is 8.81. The smallest absolute Gasteiger partial charge is 0.119 e. The molecule has 0 aromatic heterocycles. The van der Waals surface area contributed by atoms with Crippen LogP contribution in [0.2, 0.25) is 0 Å². The molecule has 0 saturated heterocycles. The van der Waals surface area contributed by atoms with Crippen molar-refractivity contribution in [2.75, 3.05) is 6.61 Å². The fraction of sp³-hybridized carbons (Fsp3) is 0.364. The van der Waals surface area contributed by atoms with Crippen molar-refractivity contribution in [2.45, 2.75) is 19.8 Å². The summed E-state index contributed by atoms with van der Waals surface area (Å²) in [7, 11) is 0. The third kappa shape index (κ3) is 2.57. The van der Waals surface area contributed by atoms with Gasteiger partial charge >= 0.3 is 0 Å². The predicted molar refractivity (Wildman–Crippen MR) is 51.3 cm³/mol. The Hall–Kier alpha value is -0.980. The van der Waals surface area contributed by atoms with Gasteiger partial charge in [-0.05, 0) is 37.5 Å². The number of ether oxygens (including phenoxy) is 1. The van der Waals surface area contributed by atoms with Crippen LogP contribution < -0.4 is 4.74 Å². The zero-order valence-electron chi connectivity index (χ0n) is 7.55. The highest BCUT2D eigenvalue weighted by molar-refractivity contribution is 5.28. The normalized spacial score (nSPS) is 9.83. The molecule has 0 unspecified atom stereocenters. The summed E-state index contributed by atoms with van der Waals surface area (Å²) >= 11 is 0. The largest absolute Gasteiger partial charge is 0.494 e. The molecular weight excluding hydrogens is 148 g/mol. The van der Waals surface area contributed by atoms with E-state index in [1.165, 1.54) is 5.56 Å². The van der Waals surface area contributed by atoms with Crippen molar-refractivity contribution in [3.05, 3.63) is 36.8 Å². The molecule has 0 heterocycles. The Morgan fingerprint density at radius 2 is 2.25 bits per heavy atom. The van der Waals surface area contributed by atoms with Crippen LogP contribution in [0.5, 0.6) is 5.75 Å². The summed E-state index contributed by atoms with van der Waals surface area (Å²) in [6, 6.07) is 8.09. The van der Waals surface area contributed by atoms with Crippen LogP contribution in [0.1, 0.15) is 18.9 Å².